The minimum Gasteiger partial charge on any atom is -0.364 e. The van der Waals surface area contributed by atoms with Gasteiger partial charge >= 0.3 is 5.69 Å². The molecule has 10 heteroatoms. The first-order valence-corrected chi connectivity index (χ1v) is 9.93. The van der Waals surface area contributed by atoms with E-state index in [1.54, 1.807) is 11.8 Å². The molecule has 0 saturated carbocycles. The molecule has 9 nitrogen and oxygen atoms in total. The predicted molar refractivity (Wildman–Crippen MR) is 107 cm³/mol. The fraction of sp³-hybridized carbons (Fsp3) is 0.389. The molecule has 0 aliphatic rings. The third-order valence-electron chi connectivity index (χ3n) is 4.55. The summed E-state index contributed by atoms with van der Waals surface area (Å²) in [5.74, 6) is -0.673. The summed E-state index contributed by atoms with van der Waals surface area (Å²) in [6.45, 7) is 6.72. The van der Waals surface area contributed by atoms with Crippen molar-refractivity contribution in [3.8, 4) is 10.7 Å². The van der Waals surface area contributed by atoms with Gasteiger partial charge in [0.25, 0.3) is 5.91 Å². The highest BCUT2D eigenvalue weighted by Crippen LogP contribution is 2.25. The number of primary amides is 1. The van der Waals surface area contributed by atoms with Crippen molar-refractivity contribution in [1.82, 2.24) is 24.0 Å². The maximum Gasteiger partial charge on any atom is 0.330 e. The molecule has 0 saturated heterocycles. The van der Waals surface area contributed by atoms with E-state index in [-0.39, 0.29) is 23.7 Å². The van der Waals surface area contributed by atoms with Gasteiger partial charge in [-0.25, -0.2) is 14.8 Å². The molecule has 0 radical (unpaired) electrons. The van der Waals surface area contributed by atoms with Gasteiger partial charge in [0, 0.05) is 19.6 Å². The summed E-state index contributed by atoms with van der Waals surface area (Å²) in [5, 5.41) is 1.87. The van der Waals surface area contributed by atoms with Gasteiger partial charge in [-0.3, -0.25) is 18.7 Å². The molecule has 2 N–H and O–H groups in total. The van der Waals surface area contributed by atoms with E-state index in [1.165, 1.54) is 20.5 Å². The molecule has 2 amide bonds. The summed E-state index contributed by atoms with van der Waals surface area (Å²) < 4.78 is 2.67. The van der Waals surface area contributed by atoms with Crippen molar-refractivity contribution >= 4 is 34.3 Å². The molecule has 0 aromatic carbocycles. The molecule has 148 valence electrons. The first-order chi connectivity index (χ1) is 13.4. The van der Waals surface area contributed by atoms with Crippen LogP contribution in [0.1, 0.15) is 31.3 Å². The standard InChI is InChI=1S/C18H22N6O3S/c1-4-22(5-2)12(25)10-24-14-13(15(19)26)20-16(11-8-7-9-28-11)21-17(14)23(6-3)18(24)27/h7-9H,4-6,10H2,1-3H3,(H2,19,26). The van der Waals surface area contributed by atoms with Crippen LogP contribution in [-0.2, 0) is 17.9 Å². The van der Waals surface area contributed by atoms with Gasteiger partial charge < -0.3 is 10.6 Å². The fourth-order valence-corrected chi connectivity index (χ4v) is 3.80. The van der Waals surface area contributed by atoms with E-state index in [4.69, 9.17) is 5.73 Å². The highest BCUT2D eigenvalue weighted by atomic mass is 32.1. The second kappa shape index (κ2) is 7.93. The smallest absolute Gasteiger partial charge is 0.330 e. The van der Waals surface area contributed by atoms with Crippen LogP contribution in [0.3, 0.4) is 0 Å². The largest absolute Gasteiger partial charge is 0.364 e. The van der Waals surface area contributed by atoms with Crippen molar-refractivity contribution in [2.75, 3.05) is 13.1 Å². The van der Waals surface area contributed by atoms with Crippen molar-refractivity contribution in [2.24, 2.45) is 5.73 Å². The Morgan fingerprint density at radius 2 is 1.89 bits per heavy atom. The number of hydrogen-bond donors (Lipinski definition) is 1. The van der Waals surface area contributed by atoms with E-state index in [1.807, 2.05) is 31.4 Å². The van der Waals surface area contributed by atoms with Crippen LogP contribution in [0.4, 0.5) is 0 Å². The van der Waals surface area contributed by atoms with Gasteiger partial charge in [0.1, 0.15) is 12.1 Å². The van der Waals surface area contributed by atoms with E-state index in [2.05, 4.69) is 9.97 Å². The zero-order valence-electron chi connectivity index (χ0n) is 16.0. The highest BCUT2D eigenvalue weighted by Gasteiger charge is 2.25. The fourth-order valence-electron chi connectivity index (χ4n) is 3.14. The Kier molecular flexibility index (Phi) is 5.59. The number of fused-ring (bicyclic) bond motifs is 1. The molecule has 0 aliphatic carbocycles. The number of nitrogens with zero attached hydrogens (tertiary/aromatic N) is 5. The van der Waals surface area contributed by atoms with Gasteiger partial charge in [0.2, 0.25) is 5.91 Å². The molecule has 3 rings (SSSR count). The van der Waals surface area contributed by atoms with E-state index in [9.17, 15) is 14.4 Å². The van der Waals surface area contributed by atoms with Gasteiger partial charge in [0.05, 0.1) is 4.88 Å². The third kappa shape index (κ3) is 3.31. The lowest BCUT2D eigenvalue weighted by atomic mass is 10.3. The number of nitrogens with two attached hydrogens (primary N) is 1. The minimum atomic E-state index is -0.775. The van der Waals surface area contributed by atoms with Gasteiger partial charge in [-0.2, -0.15) is 0 Å². The van der Waals surface area contributed by atoms with Crippen LogP contribution in [0.5, 0.6) is 0 Å². The van der Waals surface area contributed by atoms with Gasteiger partial charge in [-0.05, 0) is 32.2 Å². The Morgan fingerprint density at radius 1 is 1.18 bits per heavy atom. The molecule has 3 heterocycles. The predicted octanol–water partition coefficient (Wildman–Crippen LogP) is 1.31. The summed E-state index contributed by atoms with van der Waals surface area (Å²) in [5.41, 5.74) is 5.58. The second-order valence-electron chi connectivity index (χ2n) is 6.09. The number of amides is 2. The van der Waals surface area contributed by atoms with Gasteiger partial charge in [0.15, 0.2) is 17.2 Å². The molecule has 28 heavy (non-hydrogen) atoms. The highest BCUT2D eigenvalue weighted by molar-refractivity contribution is 7.13. The van der Waals surface area contributed by atoms with E-state index >= 15 is 0 Å². The van der Waals surface area contributed by atoms with Crippen LogP contribution in [0.15, 0.2) is 22.3 Å². The van der Waals surface area contributed by atoms with Crippen LogP contribution < -0.4 is 11.4 Å². The molecule has 0 fully saturated rings. The number of rotatable bonds is 7. The van der Waals surface area contributed by atoms with Crippen LogP contribution >= 0.6 is 11.3 Å². The zero-order valence-corrected chi connectivity index (χ0v) is 16.8. The normalized spacial score (nSPS) is 11.1. The summed E-state index contributed by atoms with van der Waals surface area (Å²) >= 11 is 1.42. The topological polar surface area (TPSA) is 116 Å². The van der Waals surface area contributed by atoms with E-state index in [0.717, 1.165) is 4.88 Å². The zero-order chi connectivity index (χ0) is 20.4. The Bertz CT molecular complexity index is 1080. The van der Waals surface area contributed by atoms with Gasteiger partial charge in [-0.1, -0.05) is 6.07 Å². The number of thiophene rings is 1. The molecular weight excluding hydrogens is 380 g/mol. The summed E-state index contributed by atoms with van der Waals surface area (Å²) in [4.78, 5) is 48.9. The number of aryl methyl sites for hydroxylation is 1. The van der Waals surface area contributed by atoms with Crippen molar-refractivity contribution < 1.29 is 9.59 Å². The van der Waals surface area contributed by atoms with E-state index in [0.29, 0.717) is 31.1 Å². The summed E-state index contributed by atoms with van der Waals surface area (Å²) in [6.07, 6.45) is 0. The maximum atomic E-state index is 13.0. The van der Waals surface area contributed by atoms with Crippen molar-refractivity contribution in [3.63, 3.8) is 0 Å². The number of aromatic nitrogens is 4. The Balaban J connectivity index is 2.28. The molecule has 3 aromatic rings. The molecular formula is C18H22N6O3S. The quantitative estimate of drug-likeness (QED) is 0.640. The Labute approximate surface area is 165 Å². The van der Waals surface area contributed by atoms with Crippen molar-refractivity contribution in [2.45, 2.75) is 33.9 Å². The van der Waals surface area contributed by atoms with Gasteiger partial charge in [-0.15, -0.1) is 11.3 Å². The average Bonchev–Trinajstić information content (AvgIpc) is 3.29. The molecule has 0 atom stereocenters. The minimum absolute atomic E-state index is 0.0648. The van der Waals surface area contributed by atoms with Crippen molar-refractivity contribution in [1.29, 1.82) is 0 Å². The first-order valence-electron chi connectivity index (χ1n) is 9.05. The lowest BCUT2D eigenvalue weighted by molar-refractivity contribution is -0.131. The number of hydrogen-bond acceptors (Lipinski definition) is 6. The van der Waals surface area contributed by atoms with Crippen molar-refractivity contribution in [3.05, 3.63) is 33.7 Å². The molecule has 0 aliphatic heterocycles. The lowest BCUT2D eigenvalue weighted by Crippen LogP contribution is -2.36. The molecule has 3 aromatic heterocycles. The second-order valence-corrected chi connectivity index (χ2v) is 7.04. The first kappa shape index (κ1) is 19.7. The summed E-state index contributed by atoms with van der Waals surface area (Å²) in [6, 6.07) is 3.67. The number of carbonyl (C=O) groups excluding carboxylic acids is 2. The third-order valence-corrected chi connectivity index (χ3v) is 5.42. The van der Waals surface area contributed by atoms with Crippen LogP contribution in [0, 0.1) is 0 Å². The Hall–Kier alpha value is -3.01. The molecule has 0 spiro atoms. The van der Waals surface area contributed by atoms with Crippen LogP contribution in [-0.4, -0.2) is 48.9 Å². The van der Waals surface area contributed by atoms with Crippen LogP contribution in [0.25, 0.3) is 21.9 Å². The molecule has 0 bridgehead atoms. The SMILES string of the molecule is CCN(CC)C(=O)Cn1c(=O)n(CC)c2nc(-c3cccs3)nc(C(N)=O)c21. The van der Waals surface area contributed by atoms with E-state index < -0.39 is 11.6 Å². The lowest BCUT2D eigenvalue weighted by Gasteiger charge is -2.18. The molecule has 0 unspecified atom stereocenters. The summed E-state index contributed by atoms with van der Waals surface area (Å²) in [7, 11) is 0. The number of carbonyl (C=O) groups is 2. The Morgan fingerprint density at radius 3 is 2.43 bits per heavy atom. The van der Waals surface area contributed by atoms with Crippen LogP contribution in [0.2, 0.25) is 0 Å². The number of likely N-dealkylation sites (N-methyl/N-ethyl adjacent to an activating group) is 1. The average molecular weight is 402 g/mol. The monoisotopic (exact) mass is 402 g/mol. The maximum absolute atomic E-state index is 13.0. The number of imidazole rings is 1.